The molecule has 17 heavy (non-hydrogen) atoms. The molecule has 0 saturated carbocycles. The van der Waals surface area contributed by atoms with Crippen molar-refractivity contribution < 1.29 is 9.84 Å². The third-order valence-electron chi connectivity index (χ3n) is 2.24. The van der Waals surface area contributed by atoms with Gasteiger partial charge < -0.3 is 9.84 Å². The van der Waals surface area contributed by atoms with E-state index in [0.717, 1.165) is 5.56 Å². The second kappa shape index (κ2) is 5.43. The minimum atomic E-state index is 0.165. The predicted molar refractivity (Wildman–Crippen MR) is 71.6 cm³/mol. The van der Waals surface area contributed by atoms with Crippen LogP contribution in [0.25, 0.3) is 0 Å². The first-order chi connectivity index (χ1) is 8.15. The summed E-state index contributed by atoms with van der Waals surface area (Å²) in [4.78, 5) is 0. The van der Waals surface area contributed by atoms with E-state index in [-0.39, 0.29) is 5.75 Å². The Morgan fingerprint density at radius 3 is 2.47 bits per heavy atom. The normalized spacial score (nSPS) is 10.2. The Balaban J connectivity index is 2.02. The average Bonchev–Trinajstić information content (AvgIpc) is 2.33. The van der Waals surface area contributed by atoms with Gasteiger partial charge in [-0.3, -0.25) is 0 Å². The Bertz CT molecular complexity index is 511. The van der Waals surface area contributed by atoms with Crippen LogP contribution in [0.3, 0.4) is 0 Å². The van der Waals surface area contributed by atoms with E-state index in [1.807, 2.05) is 24.3 Å². The second-order valence-electron chi connectivity index (χ2n) is 3.53. The molecule has 88 valence electrons. The van der Waals surface area contributed by atoms with Crippen LogP contribution in [-0.4, -0.2) is 5.11 Å². The number of ether oxygens (including phenoxy) is 1. The molecule has 0 aliphatic heterocycles. The molecule has 1 N–H and O–H groups in total. The van der Waals surface area contributed by atoms with Gasteiger partial charge in [-0.05, 0) is 45.8 Å². The molecular formula is C13H10BrClO2. The third-order valence-corrected chi connectivity index (χ3v) is 3.16. The predicted octanol–water partition coefficient (Wildman–Crippen LogP) is 4.39. The van der Waals surface area contributed by atoms with E-state index in [9.17, 15) is 5.11 Å². The van der Waals surface area contributed by atoms with Crippen LogP contribution in [0, 0.1) is 0 Å². The first-order valence-corrected chi connectivity index (χ1v) is 6.18. The molecule has 0 aromatic heterocycles. The summed E-state index contributed by atoms with van der Waals surface area (Å²) >= 11 is 9.00. The minimum absolute atomic E-state index is 0.165. The SMILES string of the molecule is Oc1cc(OCc2ccc(Cl)cc2)ccc1Br. The maximum Gasteiger partial charge on any atom is 0.133 e. The van der Waals surface area contributed by atoms with Gasteiger partial charge in [0, 0.05) is 11.1 Å². The lowest BCUT2D eigenvalue weighted by Gasteiger charge is -2.07. The number of hydrogen-bond acceptors (Lipinski definition) is 2. The molecule has 0 aliphatic carbocycles. The highest BCUT2D eigenvalue weighted by molar-refractivity contribution is 9.10. The van der Waals surface area contributed by atoms with Gasteiger partial charge in [-0.2, -0.15) is 0 Å². The van der Waals surface area contributed by atoms with Crippen LogP contribution in [0.4, 0.5) is 0 Å². The van der Waals surface area contributed by atoms with E-state index in [1.54, 1.807) is 18.2 Å². The van der Waals surface area contributed by atoms with Crippen LogP contribution in [0.2, 0.25) is 5.02 Å². The van der Waals surface area contributed by atoms with E-state index in [4.69, 9.17) is 16.3 Å². The highest BCUT2D eigenvalue weighted by atomic mass is 79.9. The van der Waals surface area contributed by atoms with Gasteiger partial charge in [0.25, 0.3) is 0 Å². The Morgan fingerprint density at radius 1 is 1.12 bits per heavy atom. The van der Waals surface area contributed by atoms with Gasteiger partial charge in [-0.15, -0.1) is 0 Å². The summed E-state index contributed by atoms with van der Waals surface area (Å²) in [6.07, 6.45) is 0. The van der Waals surface area contributed by atoms with Crippen molar-refractivity contribution in [3.05, 3.63) is 57.5 Å². The molecule has 2 rings (SSSR count). The first kappa shape index (κ1) is 12.3. The fourth-order valence-corrected chi connectivity index (χ4v) is 1.70. The summed E-state index contributed by atoms with van der Waals surface area (Å²) in [5, 5.41) is 10.2. The van der Waals surface area contributed by atoms with Gasteiger partial charge in [0.05, 0.1) is 4.47 Å². The van der Waals surface area contributed by atoms with Crippen LogP contribution < -0.4 is 4.74 Å². The van der Waals surface area contributed by atoms with Crippen molar-refractivity contribution in [2.24, 2.45) is 0 Å². The standard InChI is InChI=1S/C13H10BrClO2/c14-12-6-5-11(7-13(12)16)17-8-9-1-3-10(15)4-2-9/h1-7,16H,8H2. The van der Waals surface area contributed by atoms with Gasteiger partial charge in [0.2, 0.25) is 0 Å². The number of hydrogen-bond donors (Lipinski definition) is 1. The van der Waals surface area contributed by atoms with E-state index in [2.05, 4.69) is 15.9 Å². The smallest absolute Gasteiger partial charge is 0.133 e. The number of halogens is 2. The molecular weight excluding hydrogens is 303 g/mol. The molecule has 2 aromatic carbocycles. The van der Waals surface area contributed by atoms with Gasteiger partial charge in [-0.25, -0.2) is 0 Å². The maximum absolute atomic E-state index is 9.49. The zero-order valence-electron chi connectivity index (χ0n) is 8.86. The van der Waals surface area contributed by atoms with Gasteiger partial charge in [0.15, 0.2) is 0 Å². The molecule has 2 nitrogen and oxygen atoms in total. The zero-order valence-corrected chi connectivity index (χ0v) is 11.2. The monoisotopic (exact) mass is 312 g/mol. The van der Waals surface area contributed by atoms with Crippen molar-refractivity contribution in [1.29, 1.82) is 0 Å². The third kappa shape index (κ3) is 3.38. The van der Waals surface area contributed by atoms with E-state index < -0.39 is 0 Å². The van der Waals surface area contributed by atoms with E-state index >= 15 is 0 Å². The maximum atomic E-state index is 9.49. The fourth-order valence-electron chi connectivity index (χ4n) is 1.33. The largest absolute Gasteiger partial charge is 0.507 e. The molecule has 2 aromatic rings. The number of rotatable bonds is 3. The summed E-state index contributed by atoms with van der Waals surface area (Å²) in [7, 11) is 0. The highest BCUT2D eigenvalue weighted by Crippen LogP contribution is 2.28. The molecule has 4 heteroatoms. The molecule has 0 spiro atoms. The van der Waals surface area contributed by atoms with Crippen LogP contribution in [-0.2, 0) is 6.61 Å². The van der Waals surface area contributed by atoms with Gasteiger partial charge >= 0.3 is 0 Å². The Morgan fingerprint density at radius 2 is 1.82 bits per heavy atom. The van der Waals surface area contributed by atoms with Crippen molar-refractivity contribution in [1.82, 2.24) is 0 Å². The fraction of sp³-hybridized carbons (Fsp3) is 0.0769. The van der Waals surface area contributed by atoms with E-state index in [0.29, 0.717) is 21.9 Å². The second-order valence-corrected chi connectivity index (χ2v) is 4.82. The first-order valence-electron chi connectivity index (χ1n) is 5.01. The lowest BCUT2D eigenvalue weighted by Crippen LogP contribution is -1.94. The summed E-state index contributed by atoms with van der Waals surface area (Å²) in [5.41, 5.74) is 1.02. The zero-order chi connectivity index (χ0) is 12.3. The topological polar surface area (TPSA) is 29.5 Å². The lowest BCUT2D eigenvalue weighted by molar-refractivity contribution is 0.304. The number of aromatic hydroxyl groups is 1. The molecule has 0 bridgehead atoms. The van der Waals surface area contributed by atoms with Crippen LogP contribution in [0.1, 0.15) is 5.56 Å². The molecule has 0 aliphatic rings. The lowest BCUT2D eigenvalue weighted by atomic mass is 10.2. The summed E-state index contributed by atoms with van der Waals surface area (Å²) in [5.74, 6) is 0.791. The highest BCUT2D eigenvalue weighted by Gasteiger charge is 2.01. The van der Waals surface area contributed by atoms with Crippen molar-refractivity contribution in [2.75, 3.05) is 0 Å². The summed E-state index contributed by atoms with van der Waals surface area (Å²) < 4.78 is 6.19. The average molecular weight is 314 g/mol. The Hall–Kier alpha value is -1.19. The summed E-state index contributed by atoms with van der Waals surface area (Å²) in [6, 6.07) is 12.5. The Labute approximate surface area is 113 Å². The number of phenolic OH excluding ortho intramolecular Hbond substituents is 1. The molecule has 0 radical (unpaired) electrons. The van der Waals surface area contributed by atoms with Crippen LogP contribution in [0.5, 0.6) is 11.5 Å². The van der Waals surface area contributed by atoms with Gasteiger partial charge in [-0.1, -0.05) is 23.7 Å². The minimum Gasteiger partial charge on any atom is -0.507 e. The Kier molecular flexibility index (Phi) is 3.92. The van der Waals surface area contributed by atoms with Crippen molar-refractivity contribution in [2.45, 2.75) is 6.61 Å². The molecule has 0 saturated heterocycles. The van der Waals surface area contributed by atoms with E-state index in [1.165, 1.54) is 0 Å². The van der Waals surface area contributed by atoms with Crippen LogP contribution >= 0.6 is 27.5 Å². The molecule has 0 heterocycles. The van der Waals surface area contributed by atoms with Crippen molar-refractivity contribution in [3.63, 3.8) is 0 Å². The quantitative estimate of drug-likeness (QED) is 0.911. The van der Waals surface area contributed by atoms with Crippen molar-refractivity contribution >= 4 is 27.5 Å². The summed E-state index contributed by atoms with van der Waals surface area (Å²) in [6.45, 7) is 0.443. The molecule has 0 fully saturated rings. The molecule has 0 unspecified atom stereocenters. The van der Waals surface area contributed by atoms with Crippen LogP contribution in [0.15, 0.2) is 46.9 Å². The van der Waals surface area contributed by atoms with Gasteiger partial charge in [0.1, 0.15) is 18.1 Å². The molecule has 0 amide bonds. The number of benzene rings is 2. The number of phenols is 1. The molecule has 0 atom stereocenters. The van der Waals surface area contributed by atoms with Crippen molar-refractivity contribution in [3.8, 4) is 11.5 Å².